The number of anilines is 3. The summed E-state index contributed by atoms with van der Waals surface area (Å²) in [5.41, 5.74) is 3.54. The summed E-state index contributed by atoms with van der Waals surface area (Å²) in [5, 5.41) is 6.66. The smallest absolute Gasteiger partial charge is 0.257 e. The lowest BCUT2D eigenvalue weighted by Crippen LogP contribution is -2.11. The molecule has 0 fully saturated rings. The number of carbonyl (C=O) groups is 1. The van der Waals surface area contributed by atoms with E-state index in [4.69, 9.17) is 0 Å². The van der Waals surface area contributed by atoms with Crippen LogP contribution in [0.5, 0.6) is 0 Å². The first-order chi connectivity index (χ1) is 13.8. The Kier molecular flexibility index (Phi) is 3.91. The van der Waals surface area contributed by atoms with Gasteiger partial charge in [0.2, 0.25) is 0 Å². The first-order valence-electron chi connectivity index (χ1n) is 8.44. The lowest BCUT2D eigenvalue weighted by molar-refractivity contribution is 0.102. The molecule has 0 aliphatic heterocycles. The Morgan fingerprint density at radius 3 is 2.82 bits per heavy atom. The van der Waals surface area contributed by atoms with E-state index in [1.807, 2.05) is 36.4 Å². The van der Waals surface area contributed by atoms with E-state index in [1.165, 1.54) is 17.7 Å². The zero-order chi connectivity index (χ0) is 18.9. The first-order valence-corrected chi connectivity index (χ1v) is 9.26. The van der Waals surface area contributed by atoms with Crippen molar-refractivity contribution in [3.05, 3.63) is 66.7 Å². The fraction of sp³-hybridized carbons (Fsp3) is 0. The van der Waals surface area contributed by atoms with Crippen LogP contribution in [0.15, 0.2) is 61.2 Å². The average Bonchev–Trinajstić information content (AvgIpc) is 3.35. The Morgan fingerprint density at radius 1 is 1.04 bits per heavy atom. The Bertz CT molecular complexity index is 1300. The number of amides is 1. The minimum Gasteiger partial charge on any atom is -0.340 e. The predicted molar refractivity (Wildman–Crippen MR) is 109 cm³/mol. The van der Waals surface area contributed by atoms with Gasteiger partial charge in [0.1, 0.15) is 11.8 Å². The van der Waals surface area contributed by atoms with Gasteiger partial charge in [0.15, 0.2) is 16.6 Å². The molecule has 0 spiro atoms. The number of aromatic nitrogens is 5. The van der Waals surface area contributed by atoms with Crippen molar-refractivity contribution in [2.24, 2.45) is 0 Å². The second-order valence-corrected chi connectivity index (χ2v) is 7.00. The molecule has 1 amide bonds. The molecule has 0 aliphatic carbocycles. The van der Waals surface area contributed by atoms with Crippen LogP contribution in [0.2, 0.25) is 0 Å². The van der Waals surface area contributed by atoms with Crippen molar-refractivity contribution >= 4 is 55.3 Å². The van der Waals surface area contributed by atoms with Crippen molar-refractivity contribution in [1.29, 1.82) is 0 Å². The van der Waals surface area contributed by atoms with E-state index in [2.05, 4.69) is 35.6 Å². The molecular weight excluding hydrogens is 374 g/mol. The van der Waals surface area contributed by atoms with Gasteiger partial charge in [-0.05, 0) is 30.3 Å². The summed E-state index contributed by atoms with van der Waals surface area (Å²) < 4.78 is 0.975. The zero-order valence-corrected chi connectivity index (χ0v) is 15.2. The highest BCUT2D eigenvalue weighted by Crippen LogP contribution is 2.30. The van der Waals surface area contributed by atoms with Crippen molar-refractivity contribution in [2.75, 3.05) is 10.6 Å². The maximum atomic E-state index is 12.3. The lowest BCUT2D eigenvalue weighted by Gasteiger charge is -2.05. The molecule has 0 bridgehead atoms. The Balaban J connectivity index is 1.41. The molecule has 5 aromatic rings. The second kappa shape index (κ2) is 6.71. The van der Waals surface area contributed by atoms with Crippen LogP contribution in [-0.4, -0.2) is 30.8 Å². The maximum absolute atomic E-state index is 12.3. The Morgan fingerprint density at radius 2 is 1.93 bits per heavy atom. The molecule has 5 rings (SSSR count). The third-order valence-corrected chi connectivity index (χ3v) is 5.08. The topological polar surface area (TPSA) is 108 Å². The number of hydrogen-bond donors (Lipinski definition) is 3. The normalized spacial score (nSPS) is 11.0. The number of nitrogens with one attached hydrogen (secondary N) is 3. The molecule has 3 N–H and O–H groups in total. The van der Waals surface area contributed by atoms with Gasteiger partial charge in [0.05, 0.1) is 16.5 Å². The van der Waals surface area contributed by atoms with E-state index in [0.717, 1.165) is 21.4 Å². The quantitative estimate of drug-likeness (QED) is 0.431. The van der Waals surface area contributed by atoms with Gasteiger partial charge in [0.25, 0.3) is 5.91 Å². The zero-order valence-electron chi connectivity index (χ0n) is 14.4. The van der Waals surface area contributed by atoms with E-state index < -0.39 is 0 Å². The molecular formula is C19H13N7OS. The SMILES string of the molecule is O=C(Nc1nc2cc(Nc3ncnc4nc[nH]c34)ccc2s1)c1ccccc1. The molecule has 3 aromatic heterocycles. The number of benzene rings is 2. The van der Waals surface area contributed by atoms with Gasteiger partial charge in [-0.3, -0.25) is 10.1 Å². The van der Waals surface area contributed by atoms with Crippen molar-refractivity contribution in [3.8, 4) is 0 Å². The van der Waals surface area contributed by atoms with E-state index in [9.17, 15) is 4.79 Å². The molecule has 9 heteroatoms. The highest BCUT2D eigenvalue weighted by Gasteiger charge is 2.11. The Labute approximate surface area is 162 Å². The first kappa shape index (κ1) is 16.3. The van der Waals surface area contributed by atoms with Crippen molar-refractivity contribution in [3.63, 3.8) is 0 Å². The number of thiazole rings is 1. The number of fused-ring (bicyclic) bond motifs is 2. The summed E-state index contributed by atoms with van der Waals surface area (Å²) in [7, 11) is 0. The van der Waals surface area contributed by atoms with Gasteiger partial charge >= 0.3 is 0 Å². The lowest BCUT2D eigenvalue weighted by atomic mass is 10.2. The molecule has 136 valence electrons. The third-order valence-electron chi connectivity index (χ3n) is 4.13. The number of H-pyrrole nitrogens is 1. The van der Waals surface area contributed by atoms with E-state index in [1.54, 1.807) is 18.5 Å². The number of hydrogen-bond acceptors (Lipinski definition) is 7. The van der Waals surface area contributed by atoms with Gasteiger partial charge in [-0.25, -0.2) is 19.9 Å². The highest BCUT2D eigenvalue weighted by atomic mass is 32.1. The summed E-state index contributed by atoms with van der Waals surface area (Å²) in [6.45, 7) is 0. The van der Waals surface area contributed by atoms with Crippen LogP contribution in [0, 0.1) is 0 Å². The predicted octanol–water partition coefficient (Wildman–Crippen LogP) is 3.96. The molecule has 28 heavy (non-hydrogen) atoms. The minimum absolute atomic E-state index is 0.180. The second-order valence-electron chi connectivity index (χ2n) is 5.97. The minimum atomic E-state index is -0.180. The Hall–Kier alpha value is -3.85. The summed E-state index contributed by atoms with van der Waals surface area (Å²) in [6, 6.07) is 14.9. The fourth-order valence-electron chi connectivity index (χ4n) is 2.81. The molecule has 0 aliphatic rings. The van der Waals surface area contributed by atoms with E-state index in [-0.39, 0.29) is 5.91 Å². The van der Waals surface area contributed by atoms with Crippen LogP contribution in [0.1, 0.15) is 10.4 Å². The van der Waals surface area contributed by atoms with Gasteiger partial charge in [0, 0.05) is 11.3 Å². The number of nitrogens with zero attached hydrogens (tertiary/aromatic N) is 4. The number of carbonyl (C=O) groups excluding carboxylic acids is 1. The fourth-order valence-corrected chi connectivity index (χ4v) is 3.66. The van der Waals surface area contributed by atoms with Crippen LogP contribution in [0.4, 0.5) is 16.6 Å². The van der Waals surface area contributed by atoms with E-state index >= 15 is 0 Å². The average molecular weight is 387 g/mol. The molecule has 0 radical (unpaired) electrons. The standard InChI is InChI=1S/C19H13N7OS/c27-18(11-4-2-1-3-5-11)26-19-25-13-8-12(6-7-14(13)28-19)24-17-15-16(21-9-20-15)22-10-23-17/h1-10H,(H,25,26,27)(H2,20,21,22,23,24). The summed E-state index contributed by atoms with van der Waals surface area (Å²) in [6.07, 6.45) is 3.04. The molecule has 0 saturated carbocycles. The van der Waals surface area contributed by atoms with Crippen LogP contribution >= 0.6 is 11.3 Å². The largest absolute Gasteiger partial charge is 0.340 e. The molecule has 0 unspecified atom stereocenters. The number of rotatable bonds is 4. The van der Waals surface area contributed by atoms with Crippen molar-refractivity contribution < 1.29 is 4.79 Å². The van der Waals surface area contributed by atoms with Crippen molar-refractivity contribution in [1.82, 2.24) is 24.9 Å². The third kappa shape index (κ3) is 3.03. The molecule has 0 saturated heterocycles. The summed E-state index contributed by atoms with van der Waals surface area (Å²) in [4.78, 5) is 32.4. The number of aromatic amines is 1. The van der Waals surface area contributed by atoms with Gasteiger partial charge in [-0.1, -0.05) is 29.5 Å². The van der Waals surface area contributed by atoms with E-state index in [0.29, 0.717) is 22.2 Å². The highest BCUT2D eigenvalue weighted by molar-refractivity contribution is 7.22. The number of imidazole rings is 1. The van der Waals surface area contributed by atoms with Gasteiger partial charge < -0.3 is 10.3 Å². The van der Waals surface area contributed by atoms with Crippen molar-refractivity contribution in [2.45, 2.75) is 0 Å². The summed E-state index contributed by atoms with van der Waals surface area (Å²) in [5.74, 6) is 0.454. The monoisotopic (exact) mass is 387 g/mol. The van der Waals surface area contributed by atoms with Gasteiger partial charge in [-0.15, -0.1) is 0 Å². The molecule has 2 aromatic carbocycles. The van der Waals surface area contributed by atoms with Crippen LogP contribution in [-0.2, 0) is 0 Å². The molecule has 3 heterocycles. The molecule has 8 nitrogen and oxygen atoms in total. The molecule has 0 atom stereocenters. The van der Waals surface area contributed by atoms with Crippen LogP contribution in [0.25, 0.3) is 21.4 Å². The summed E-state index contributed by atoms with van der Waals surface area (Å²) >= 11 is 1.43. The maximum Gasteiger partial charge on any atom is 0.257 e. The van der Waals surface area contributed by atoms with Crippen LogP contribution in [0.3, 0.4) is 0 Å². The van der Waals surface area contributed by atoms with Gasteiger partial charge in [-0.2, -0.15) is 0 Å². The van der Waals surface area contributed by atoms with Crippen LogP contribution < -0.4 is 10.6 Å².